The smallest absolute Gasteiger partial charge is 0.0716 e. The summed E-state index contributed by atoms with van der Waals surface area (Å²) in [6.07, 6.45) is 27.7. The number of rotatable bonds is 2. The molecule has 0 heteroatoms. The molecule has 0 saturated carbocycles. The number of benzene rings is 3. The van der Waals surface area contributed by atoms with Gasteiger partial charge in [0.05, 0.1) is 10.8 Å². The first kappa shape index (κ1) is 25.6. The van der Waals surface area contributed by atoms with E-state index in [9.17, 15) is 0 Å². The highest BCUT2D eigenvalue weighted by atomic mass is 14.6. The predicted octanol–water partition coefficient (Wildman–Crippen LogP) is 10.7. The Balaban J connectivity index is 1.42. The van der Waals surface area contributed by atoms with Gasteiger partial charge in [-0.25, -0.2) is 0 Å². The molecule has 0 nitrogen and oxygen atoms in total. The number of fused-ring (bicyclic) bond motifs is 14. The van der Waals surface area contributed by atoms with Crippen LogP contribution in [0.15, 0.2) is 162 Å². The monoisotopic (exact) mass is 576 g/mol. The molecule has 0 fully saturated rings. The first-order valence-electron chi connectivity index (χ1n) is 16.8. The van der Waals surface area contributed by atoms with E-state index in [0.717, 1.165) is 38.5 Å². The lowest BCUT2D eigenvalue weighted by molar-refractivity contribution is 0.429. The lowest BCUT2D eigenvalue weighted by atomic mass is 9.49. The molecule has 3 atom stereocenters. The van der Waals surface area contributed by atoms with Crippen molar-refractivity contribution in [2.75, 3.05) is 0 Å². The van der Waals surface area contributed by atoms with Crippen LogP contribution in [0, 0.1) is 5.92 Å². The van der Waals surface area contributed by atoms with Gasteiger partial charge >= 0.3 is 0 Å². The molecule has 0 aliphatic heterocycles. The fourth-order valence-corrected chi connectivity index (χ4v) is 10.7. The molecule has 0 radical (unpaired) electrons. The Labute approximate surface area is 266 Å². The Morgan fingerprint density at radius 1 is 0.667 bits per heavy atom. The normalized spacial score (nSPS) is 27.6. The molecule has 3 aromatic rings. The lowest BCUT2D eigenvalue weighted by Gasteiger charge is -2.52. The van der Waals surface area contributed by atoms with E-state index in [1.807, 2.05) is 0 Å². The van der Waals surface area contributed by atoms with Crippen LogP contribution < -0.4 is 0 Å². The molecule has 216 valence electrons. The van der Waals surface area contributed by atoms with E-state index in [1.54, 1.807) is 5.57 Å². The van der Waals surface area contributed by atoms with E-state index < -0.39 is 5.41 Å². The van der Waals surface area contributed by atoms with Crippen LogP contribution in [0.3, 0.4) is 0 Å². The highest BCUT2D eigenvalue weighted by Crippen LogP contribution is 2.70. The lowest BCUT2D eigenvalue weighted by Crippen LogP contribution is -2.47. The average molecular weight is 577 g/mol. The molecule has 3 aromatic carbocycles. The van der Waals surface area contributed by atoms with Crippen molar-refractivity contribution in [3.63, 3.8) is 0 Å². The third-order valence-corrected chi connectivity index (χ3v) is 12.1. The van der Waals surface area contributed by atoms with E-state index in [1.165, 1.54) is 77.9 Å². The van der Waals surface area contributed by atoms with Crippen molar-refractivity contribution in [1.82, 2.24) is 0 Å². The van der Waals surface area contributed by atoms with E-state index >= 15 is 0 Å². The molecular formula is C45H36. The maximum absolute atomic E-state index is 4.65. The molecule has 0 aromatic heterocycles. The zero-order valence-electron chi connectivity index (χ0n) is 25.7. The van der Waals surface area contributed by atoms with Gasteiger partial charge in [-0.1, -0.05) is 122 Å². The molecule has 45 heavy (non-hydrogen) atoms. The van der Waals surface area contributed by atoms with Crippen molar-refractivity contribution in [2.45, 2.75) is 49.4 Å². The van der Waals surface area contributed by atoms with Crippen LogP contribution in [0.2, 0.25) is 0 Å². The zero-order valence-corrected chi connectivity index (χ0v) is 25.7. The van der Waals surface area contributed by atoms with Crippen LogP contribution >= 0.6 is 0 Å². The molecule has 0 saturated heterocycles. The quantitative estimate of drug-likeness (QED) is 0.223. The third-order valence-electron chi connectivity index (χ3n) is 12.1. The summed E-state index contributed by atoms with van der Waals surface area (Å²) in [5.41, 5.74) is 20.9. The fraction of sp³-hybridized carbons (Fsp3) is 0.200. The summed E-state index contributed by atoms with van der Waals surface area (Å²) in [4.78, 5) is 0. The van der Waals surface area contributed by atoms with Crippen LogP contribution in [0.25, 0.3) is 16.7 Å². The van der Waals surface area contributed by atoms with Gasteiger partial charge in [0.25, 0.3) is 0 Å². The minimum atomic E-state index is -0.422. The molecule has 10 rings (SSSR count). The number of hydrogen-bond acceptors (Lipinski definition) is 0. The summed E-state index contributed by atoms with van der Waals surface area (Å²) in [6, 6.07) is 23.6. The van der Waals surface area contributed by atoms with E-state index in [4.69, 9.17) is 0 Å². The molecule has 0 bridgehead atoms. The zero-order chi connectivity index (χ0) is 29.9. The van der Waals surface area contributed by atoms with Gasteiger partial charge in [-0.2, -0.15) is 0 Å². The van der Waals surface area contributed by atoms with Crippen LogP contribution in [-0.4, -0.2) is 0 Å². The van der Waals surface area contributed by atoms with Crippen LogP contribution in [0.4, 0.5) is 0 Å². The topological polar surface area (TPSA) is 0 Å². The molecule has 0 N–H and O–H groups in total. The second-order valence-corrected chi connectivity index (χ2v) is 13.7. The summed E-state index contributed by atoms with van der Waals surface area (Å²) < 4.78 is 0. The van der Waals surface area contributed by atoms with Gasteiger partial charge in [0.1, 0.15) is 0 Å². The van der Waals surface area contributed by atoms with E-state index in [2.05, 4.69) is 129 Å². The molecule has 7 aliphatic carbocycles. The fourth-order valence-electron chi connectivity index (χ4n) is 10.7. The molecule has 2 spiro atoms. The van der Waals surface area contributed by atoms with Gasteiger partial charge < -0.3 is 0 Å². The van der Waals surface area contributed by atoms with Gasteiger partial charge in [-0.05, 0) is 128 Å². The molecule has 0 heterocycles. The van der Waals surface area contributed by atoms with Gasteiger partial charge in [-0.3, -0.25) is 0 Å². The second-order valence-electron chi connectivity index (χ2n) is 13.7. The van der Waals surface area contributed by atoms with Crippen molar-refractivity contribution in [3.8, 4) is 11.1 Å². The summed E-state index contributed by atoms with van der Waals surface area (Å²) in [5.74, 6) is 0.330. The minimum Gasteiger partial charge on any atom is -0.0987 e. The molecular weight excluding hydrogens is 540 g/mol. The molecule has 3 unspecified atom stereocenters. The van der Waals surface area contributed by atoms with Crippen molar-refractivity contribution >= 4 is 5.57 Å². The van der Waals surface area contributed by atoms with Crippen molar-refractivity contribution in [1.29, 1.82) is 0 Å². The Hall–Kier alpha value is -4.68. The largest absolute Gasteiger partial charge is 0.0987 e. The average Bonchev–Trinajstić information content (AvgIpc) is 3.71. The van der Waals surface area contributed by atoms with E-state index in [-0.39, 0.29) is 5.41 Å². The maximum atomic E-state index is 4.65. The van der Waals surface area contributed by atoms with Crippen molar-refractivity contribution < 1.29 is 0 Å². The van der Waals surface area contributed by atoms with Crippen molar-refractivity contribution in [3.05, 3.63) is 195 Å². The first-order chi connectivity index (χ1) is 22.2. The first-order valence-corrected chi connectivity index (χ1v) is 16.8. The van der Waals surface area contributed by atoms with Crippen LogP contribution in [-0.2, 0) is 17.3 Å². The Morgan fingerprint density at radius 2 is 1.42 bits per heavy atom. The highest BCUT2D eigenvalue weighted by Gasteiger charge is 2.62. The highest BCUT2D eigenvalue weighted by molar-refractivity contribution is 5.93. The van der Waals surface area contributed by atoms with Crippen LogP contribution in [0.5, 0.6) is 0 Å². The van der Waals surface area contributed by atoms with E-state index in [0.29, 0.717) is 5.92 Å². The van der Waals surface area contributed by atoms with Gasteiger partial charge in [0.2, 0.25) is 0 Å². The summed E-state index contributed by atoms with van der Waals surface area (Å²) >= 11 is 0. The Bertz CT molecular complexity index is 2140. The summed E-state index contributed by atoms with van der Waals surface area (Å²) in [6.45, 7) is 9.29. The Kier molecular flexibility index (Phi) is 5.10. The summed E-state index contributed by atoms with van der Waals surface area (Å²) in [7, 11) is 0. The third kappa shape index (κ3) is 2.86. The van der Waals surface area contributed by atoms with Crippen LogP contribution in [0.1, 0.15) is 65.5 Å². The minimum absolute atomic E-state index is 0.322. The predicted molar refractivity (Wildman–Crippen MR) is 187 cm³/mol. The van der Waals surface area contributed by atoms with Gasteiger partial charge in [0.15, 0.2) is 0 Å². The van der Waals surface area contributed by atoms with Gasteiger partial charge in [-0.15, -0.1) is 0 Å². The molecule has 7 aliphatic rings. The SMILES string of the molecule is C=CC1=C(C=C)C2(C3=C(CCC=C3)C3=CC=CCC32)c2cc3c(cc2C12C1=C(CCC=C1)c1ccccc12)Cc1ccccc1-3. The number of allylic oxidation sites excluding steroid dienone is 16. The Morgan fingerprint density at radius 3 is 2.27 bits per heavy atom. The standard InChI is InChI=1S/C45H36/c1-3-36-37(4-2)45(40-23-13-9-19-33(40)34-20-10-14-24-41(34)45)43-27-35-29(25-28-15-5-6-16-30(28)35)26-42(43)44(36)38-21-11-7-17-31(38)32-18-8-12-22-39(32)44/h3-7,9,11-17,19,21-22,24,26-27,40H,1-2,8,10,18,20,23,25H2. The summed E-state index contributed by atoms with van der Waals surface area (Å²) in [5, 5.41) is 0. The number of hydrogen-bond donors (Lipinski definition) is 0. The maximum Gasteiger partial charge on any atom is 0.0716 e. The van der Waals surface area contributed by atoms with Gasteiger partial charge in [0, 0.05) is 5.92 Å². The van der Waals surface area contributed by atoms with Crippen molar-refractivity contribution in [2.24, 2.45) is 5.92 Å². The second kappa shape index (κ2) is 8.95. The molecule has 0 amide bonds.